The van der Waals surface area contributed by atoms with Crippen molar-refractivity contribution >= 4 is 5.97 Å². The van der Waals surface area contributed by atoms with E-state index in [2.05, 4.69) is 10.2 Å². The molecule has 6 nitrogen and oxygen atoms in total. The van der Waals surface area contributed by atoms with E-state index in [-0.39, 0.29) is 5.56 Å². The summed E-state index contributed by atoms with van der Waals surface area (Å²) in [5.41, 5.74) is 1.70. The van der Waals surface area contributed by atoms with Gasteiger partial charge in [0.15, 0.2) is 0 Å². The second-order valence-corrected chi connectivity index (χ2v) is 5.36. The fraction of sp³-hybridized carbons (Fsp3) is 0.500. The Kier molecular flexibility index (Phi) is 3.30. The Morgan fingerprint density at radius 1 is 1.40 bits per heavy atom. The largest absolute Gasteiger partial charge is 0.478 e. The predicted molar refractivity (Wildman–Crippen MR) is 72.8 cm³/mol. The van der Waals surface area contributed by atoms with E-state index in [0.29, 0.717) is 18.3 Å². The molecule has 0 aliphatic heterocycles. The first-order valence-electron chi connectivity index (χ1n) is 6.95. The minimum Gasteiger partial charge on any atom is -0.478 e. The van der Waals surface area contributed by atoms with Crippen molar-refractivity contribution < 1.29 is 9.90 Å². The number of nitrogens with zero attached hydrogens (tertiary/aromatic N) is 4. The Morgan fingerprint density at radius 2 is 2.15 bits per heavy atom. The van der Waals surface area contributed by atoms with Gasteiger partial charge in [0.25, 0.3) is 0 Å². The molecule has 0 atom stereocenters. The summed E-state index contributed by atoms with van der Waals surface area (Å²) in [6, 6.07) is 2.51. The number of hydrogen-bond acceptors (Lipinski definition) is 3. The van der Waals surface area contributed by atoms with Gasteiger partial charge in [-0.25, -0.2) is 4.79 Å². The summed E-state index contributed by atoms with van der Waals surface area (Å²) in [6.07, 6.45) is 8.53. The van der Waals surface area contributed by atoms with Crippen LogP contribution in [0.2, 0.25) is 0 Å². The van der Waals surface area contributed by atoms with E-state index in [4.69, 9.17) is 5.11 Å². The second kappa shape index (κ2) is 5.11. The van der Waals surface area contributed by atoms with Crippen LogP contribution in [0.1, 0.15) is 53.5 Å². The Morgan fingerprint density at radius 3 is 2.80 bits per heavy atom. The van der Waals surface area contributed by atoms with Crippen molar-refractivity contribution in [2.75, 3.05) is 0 Å². The van der Waals surface area contributed by atoms with Crippen molar-refractivity contribution in [3.8, 4) is 0 Å². The number of carboxylic acid groups (broad SMARTS) is 1. The molecule has 1 fully saturated rings. The van der Waals surface area contributed by atoms with Gasteiger partial charge in [-0.15, -0.1) is 0 Å². The maximum absolute atomic E-state index is 11.0. The van der Waals surface area contributed by atoms with Crippen LogP contribution >= 0.6 is 0 Å². The molecule has 0 amide bonds. The number of aromatic carboxylic acids is 1. The number of carboxylic acids is 1. The van der Waals surface area contributed by atoms with Gasteiger partial charge in [0.2, 0.25) is 0 Å². The number of aryl methyl sites for hydroxylation is 1. The molecule has 1 N–H and O–H groups in total. The van der Waals surface area contributed by atoms with E-state index >= 15 is 0 Å². The highest BCUT2D eigenvalue weighted by Gasteiger charge is 2.18. The summed E-state index contributed by atoms with van der Waals surface area (Å²) in [6.45, 7) is 2.21. The van der Waals surface area contributed by atoms with Gasteiger partial charge in [-0.2, -0.15) is 10.2 Å². The summed E-state index contributed by atoms with van der Waals surface area (Å²) in [5, 5.41) is 17.8. The lowest BCUT2D eigenvalue weighted by atomic mass is 10.3. The van der Waals surface area contributed by atoms with Crippen LogP contribution < -0.4 is 0 Å². The normalized spacial score (nSPS) is 15.8. The van der Waals surface area contributed by atoms with Crippen LogP contribution in [0, 0.1) is 6.92 Å². The smallest absolute Gasteiger partial charge is 0.339 e. The molecule has 0 spiro atoms. The van der Waals surface area contributed by atoms with Crippen LogP contribution in [-0.2, 0) is 6.54 Å². The number of aromatic nitrogens is 4. The zero-order chi connectivity index (χ0) is 14.1. The maximum Gasteiger partial charge on any atom is 0.339 e. The van der Waals surface area contributed by atoms with E-state index in [1.54, 1.807) is 17.8 Å². The van der Waals surface area contributed by atoms with Gasteiger partial charge in [0.05, 0.1) is 24.0 Å². The van der Waals surface area contributed by atoms with Crippen LogP contribution in [0.25, 0.3) is 0 Å². The summed E-state index contributed by atoms with van der Waals surface area (Å²) >= 11 is 0. The van der Waals surface area contributed by atoms with Crippen LogP contribution in [0.4, 0.5) is 0 Å². The van der Waals surface area contributed by atoms with E-state index in [1.165, 1.54) is 25.7 Å². The van der Waals surface area contributed by atoms with Crippen molar-refractivity contribution in [3.05, 3.63) is 35.4 Å². The van der Waals surface area contributed by atoms with Crippen molar-refractivity contribution in [1.82, 2.24) is 19.6 Å². The Hall–Kier alpha value is -2.11. The van der Waals surface area contributed by atoms with E-state index in [1.807, 2.05) is 16.9 Å². The first kappa shape index (κ1) is 12.9. The molecule has 2 aromatic rings. The summed E-state index contributed by atoms with van der Waals surface area (Å²) in [4.78, 5) is 11.0. The Labute approximate surface area is 117 Å². The van der Waals surface area contributed by atoms with Crippen LogP contribution in [-0.4, -0.2) is 30.6 Å². The topological polar surface area (TPSA) is 72.9 Å². The molecule has 20 heavy (non-hydrogen) atoms. The molecular formula is C14H18N4O2. The van der Waals surface area contributed by atoms with Crippen LogP contribution in [0.15, 0.2) is 18.5 Å². The molecule has 106 valence electrons. The standard InChI is InChI=1S/C14H18N4O2/c1-10-13(14(19)20)9-17(15-10)8-11-6-7-18(16-11)12-4-2-3-5-12/h6-7,9,12H,2-5,8H2,1H3,(H,19,20). The Bertz CT molecular complexity index is 623. The van der Waals surface area contributed by atoms with Crippen molar-refractivity contribution in [1.29, 1.82) is 0 Å². The van der Waals surface area contributed by atoms with Crippen molar-refractivity contribution in [3.63, 3.8) is 0 Å². The molecule has 1 aliphatic carbocycles. The zero-order valence-electron chi connectivity index (χ0n) is 11.5. The first-order chi connectivity index (χ1) is 9.63. The Balaban J connectivity index is 1.74. The number of rotatable bonds is 4. The average Bonchev–Trinajstić information content (AvgIpc) is 3.09. The molecule has 6 heteroatoms. The van der Waals surface area contributed by atoms with Gasteiger partial charge in [-0.05, 0) is 25.8 Å². The van der Waals surface area contributed by atoms with Crippen LogP contribution in [0.5, 0.6) is 0 Å². The molecule has 2 aromatic heterocycles. The zero-order valence-corrected chi connectivity index (χ0v) is 11.5. The molecule has 0 radical (unpaired) electrons. The third kappa shape index (κ3) is 2.45. The van der Waals surface area contributed by atoms with Gasteiger partial charge in [-0.3, -0.25) is 9.36 Å². The average molecular weight is 274 g/mol. The fourth-order valence-electron chi connectivity index (χ4n) is 2.81. The highest BCUT2D eigenvalue weighted by Crippen LogP contribution is 2.28. The molecule has 0 aromatic carbocycles. The van der Waals surface area contributed by atoms with Gasteiger partial charge < -0.3 is 5.11 Å². The van der Waals surface area contributed by atoms with Gasteiger partial charge in [0.1, 0.15) is 5.56 Å². The summed E-state index contributed by atoms with van der Waals surface area (Å²) in [5.74, 6) is -0.940. The second-order valence-electron chi connectivity index (χ2n) is 5.36. The van der Waals surface area contributed by atoms with Crippen molar-refractivity contribution in [2.45, 2.75) is 45.2 Å². The predicted octanol–water partition coefficient (Wildman–Crippen LogP) is 2.25. The molecular weight excluding hydrogens is 256 g/mol. The van der Waals surface area contributed by atoms with Gasteiger partial charge in [0, 0.05) is 12.4 Å². The number of hydrogen-bond donors (Lipinski definition) is 1. The van der Waals surface area contributed by atoms with Crippen molar-refractivity contribution in [2.24, 2.45) is 0 Å². The SMILES string of the molecule is Cc1nn(Cc2ccn(C3CCCC3)n2)cc1C(=O)O. The van der Waals surface area contributed by atoms with Crippen LogP contribution in [0.3, 0.4) is 0 Å². The highest BCUT2D eigenvalue weighted by molar-refractivity contribution is 5.88. The highest BCUT2D eigenvalue weighted by atomic mass is 16.4. The summed E-state index contributed by atoms with van der Waals surface area (Å²) < 4.78 is 3.68. The minimum absolute atomic E-state index is 0.250. The first-order valence-corrected chi connectivity index (χ1v) is 6.95. The summed E-state index contributed by atoms with van der Waals surface area (Å²) in [7, 11) is 0. The van der Waals surface area contributed by atoms with Gasteiger partial charge in [-0.1, -0.05) is 12.8 Å². The lowest BCUT2D eigenvalue weighted by Gasteiger charge is -2.08. The van der Waals surface area contributed by atoms with E-state index < -0.39 is 5.97 Å². The third-order valence-electron chi connectivity index (χ3n) is 3.86. The van der Waals surface area contributed by atoms with E-state index in [9.17, 15) is 4.79 Å². The monoisotopic (exact) mass is 274 g/mol. The molecule has 3 rings (SSSR count). The lowest BCUT2D eigenvalue weighted by molar-refractivity contribution is 0.0696. The molecule has 1 aliphatic rings. The molecule has 1 saturated carbocycles. The molecule has 0 bridgehead atoms. The minimum atomic E-state index is -0.940. The third-order valence-corrected chi connectivity index (χ3v) is 3.86. The fourth-order valence-corrected chi connectivity index (χ4v) is 2.81. The quantitative estimate of drug-likeness (QED) is 0.928. The molecule has 0 unspecified atom stereocenters. The van der Waals surface area contributed by atoms with Gasteiger partial charge >= 0.3 is 5.97 Å². The van der Waals surface area contributed by atoms with E-state index in [0.717, 1.165) is 5.69 Å². The number of carbonyl (C=O) groups is 1. The molecule has 2 heterocycles. The molecule has 0 saturated heterocycles. The lowest BCUT2D eigenvalue weighted by Crippen LogP contribution is -2.07. The maximum atomic E-state index is 11.0.